The Labute approximate surface area is 160 Å². The van der Waals surface area contributed by atoms with Gasteiger partial charge in [-0.3, -0.25) is 9.59 Å². The molecule has 3 rings (SSSR count). The Balaban J connectivity index is 1.64. The van der Waals surface area contributed by atoms with Crippen LogP contribution < -0.4 is 20.9 Å². The van der Waals surface area contributed by atoms with Gasteiger partial charge in [0.2, 0.25) is 11.1 Å². The SMILES string of the molecule is CCN(Cc1ccc2c(c1)OCCO2)C(=O)CSc1nnc(C)c(=O)n1N. The minimum absolute atomic E-state index is 0.0905. The Hall–Kier alpha value is -2.75. The van der Waals surface area contributed by atoms with Crippen molar-refractivity contribution in [3.05, 3.63) is 39.8 Å². The molecule has 2 aromatic rings. The van der Waals surface area contributed by atoms with Crippen LogP contribution in [0.2, 0.25) is 0 Å². The summed E-state index contributed by atoms with van der Waals surface area (Å²) in [6, 6.07) is 5.66. The van der Waals surface area contributed by atoms with Crippen LogP contribution >= 0.6 is 11.8 Å². The average Bonchev–Trinajstić information content (AvgIpc) is 2.69. The molecule has 144 valence electrons. The van der Waals surface area contributed by atoms with E-state index in [0.717, 1.165) is 22.0 Å². The molecule has 0 aliphatic carbocycles. The summed E-state index contributed by atoms with van der Waals surface area (Å²) >= 11 is 1.08. The fraction of sp³-hybridized carbons (Fsp3) is 0.412. The summed E-state index contributed by atoms with van der Waals surface area (Å²) in [6.45, 7) is 5.49. The molecule has 1 aromatic carbocycles. The third-order valence-corrected chi connectivity index (χ3v) is 4.99. The second-order valence-electron chi connectivity index (χ2n) is 5.92. The van der Waals surface area contributed by atoms with E-state index < -0.39 is 5.56 Å². The van der Waals surface area contributed by atoms with Crippen molar-refractivity contribution < 1.29 is 14.3 Å². The summed E-state index contributed by atoms with van der Waals surface area (Å²) < 4.78 is 12.0. The molecule has 0 atom stereocenters. The highest BCUT2D eigenvalue weighted by Gasteiger charge is 2.17. The zero-order chi connectivity index (χ0) is 19.4. The van der Waals surface area contributed by atoms with Crippen LogP contribution in [-0.2, 0) is 11.3 Å². The molecular weight excluding hydrogens is 370 g/mol. The van der Waals surface area contributed by atoms with E-state index in [4.69, 9.17) is 15.3 Å². The van der Waals surface area contributed by atoms with Gasteiger partial charge in [-0.2, -0.15) is 4.68 Å². The van der Waals surface area contributed by atoms with Crippen LogP contribution in [0.1, 0.15) is 18.2 Å². The molecule has 1 aliphatic heterocycles. The molecule has 27 heavy (non-hydrogen) atoms. The Bertz CT molecular complexity index is 901. The minimum atomic E-state index is -0.427. The van der Waals surface area contributed by atoms with Crippen molar-refractivity contribution in [3.8, 4) is 11.5 Å². The number of aromatic nitrogens is 3. The second-order valence-corrected chi connectivity index (χ2v) is 6.86. The summed E-state index contributed by atoms with van der Waals surface area (Å²) in [5.74, 6) is 7.12. The van der Waals surface area contributed by atoms with Gasteiger partial charge in [0.15, 0.2) is 11.5 Å². The number of carbonyl (C=O) groups excluding carboxylic acids is 1. The third kappa shape index (κ3) is 4.33. The number of fused-ring (bicyclic) bond motifs is 1. The summed E-state index contributed by atoms with van der Waals surface area (Å²) in [5, 5.41) is 7.84. The molecule has 0 saturated heterocycles. The van der Waals surface area contributed by atoms with E-state index in [9.17, 15) is 9.59 Å². The zero-order valence-corrected chi connectivity index (χ0v) is 16.0. The van der Waals surface area contributed by atoms with Gasteiger partial charge in [-0.1, -0.05) is 17.8 Å². The van der Waals surface area contributed by atoms with Crippen molar-refractivity contribution in [1.82, 2.24) is 19.8 Å². The average molecular weight is 391 g/mol. The van der Waals surface area contributed by atoms with Crippen LogP contribution in [0.25, 0.3) is 0 Å². The number of aryl methyl sites for hydroxylation is 1. The monoisotopic (exact) mass is 391 g/mol. The van der Waals surface area contributed by atoms with Crippen molar-refractivity contribution in [2.45, 2.75) is 25.5 Å². The van der Waals surface area contributed by atoms with Crippen LogP contribution in [-0.4, -0.2) is 51.2 Å². The normalized spacial score (nSPS) is 12.7. The van der Waals surface area contributed by atoms with Crippen molar-refractivity contribution in [1.29, 1.82) is 0 Å². The topological polar surface area (TPSA) is 113 Å². The molecule has 0 unspecified atom stereocenters. The number of nitrogens with zero attached hydrogens (tertiary/aromatic N) is 4. The van der Waals surface area contributed by atoms with Gasteiger partial charge in [-0.05, 0) is 31.5 Å². The number of thioether (sulfide) groups is 1. The van der Waals surface area contributed by atoms with E-state index in [1.807, 2.05) is 25.1 Å². The number of nitrogens with two attached hydrogens (primary N) is 1. The van der Waals surface area contributed by atoms with Crippen LogP contribution in [0.4, 0.5) is 0 Å². The molecule has 1 aromatic heterocycles. The quantitative estimate of drug-likeness (QED) is 0.562. The first-order valence-electron chi connectivity index (χ1n) is 8.50. The summed E-state index contributed by atoms with van der Waals surface area (Å²) in [5.41, 5.74) is 0.732. The maximum absolute atomic E-state index is 12.6. The maximum Gasteiger partial charge on any atom is 0.294 e. The fourth-order valence-electron chi connectivity index (χ4n) is 2.57. The van der Waals surface area contributed by atoms with Crippen molar-refractivity contribution in [2.75, 3.05) is 31.4 Å². The third-order valence-electron chi connectivity index (χ3n) is 4.06. The number of benzene rings is 1. The number of rotatable bonds is 6. The van der Waals surface area contributed by atoms with E-state index in [1.165, 1.54) is 6.92 Å². The Morgan fingerprint density at radius 1 is 1.30 bits per heavy atom. The number of ether oxygens (including phenoxy) is 2. The molecule has 10 heteroatoms. The minimum Gasteiger partial charge on any atom is -0.486 e. The van der Waals surface area contributed by atoms with Gasteiger partial charge in [-0.25, -0.2) is 0 Å². The molecule has 0 bridgehead atoms. The molecule has 2 N–H and O–H groups in total. The zero-order valence-electron chi connectivity index (χ0n) is 15.2. The van der Waals surface area contributed by atoms with Gasteiger partial charge in [0.25, 0.3) is 5.56 Å². The Kier molecular flexibility index (Phi) is 5.84. The van der Waals surface area contributed by atoms with Crippen LogP contribution in [0, 0.1) is 6.92 Å². The lowest BCUT2D eigenvalue weighted by atomic mass is 10.2. The summed E-state index contributed by atoms with van der Waals surface area (Å²) in [4.78, 5) is 26.1. The molecule has 0 radical (unpaired) electrons. The van der Waals surface area contributed by atoms with E-state index >= 15 is 0 Å². The summed E-state index contributed by atoms with van der Waals surface area (Å²) in [6.07, 6.45) is 0. The van der Waals surface area contributed by atoms with Gasteiger partial charge < -0.3 is 20.2 Å². The van der Waals surface area contributed by atoms with Crippen molar-refractivity contribution >= 4 is 17.7 Å². The van der Waals surface area contributed by atoms with Gasteiger partial charge >= 0.3 is 0 Å². The van der Waals surface area contributed by atoms with E-state index in [0.29, 0.717) is 37.8 Å². The second kappa shape index (κ2) is 8.30. The molecule has 0 saturated carbocycles. The van der Waals surface area contributed by atoms with E-state index in [-0.39, 0.29) is 22.5 Å². The lowest BCUT2D eigenvalue weighted by molar-refractivity contribution is -0.128. The lowest BCUT2D eigenvalue weighted by Crippen LogP contribution is -2.34. The predicted octanol–water partition coefficient (Wildman–Crippen LogP) is 0.573. The van der Waals surface area contributed by atoms with Gasteiger partial charge in [0.1, 0.15) is 18.9 Å². The standard InChI is InChI=1S/C17H21N5O4S/c1-3-21(9-12-4-5-13-14(8-12)26-7-6-25-13)15(23)10-27-17-20-19-11(2)16(24)22(17)18/h4-5,8H,3,6-7,9-10,18H2,1-2H3. The summed E-state index contributed by atoms with van der Waals surface area (Å²) in [7, 11) is 0. The maximum atomic E-state index is 12.6. The van der Waals surface area contributed by atoms with Crippen LogP contribution in [0.5, 0.6) is 11.5 Å². The highest BCUT2D eigenvalue weighted by molar-refractivity contribution is 7.99. The van der Waals surface area contributed by atoms with Crippen molar-refractivity contribution in [2.24, 2.45) is 0 Å². The first-order chi connectivity index (χ1) is 13.0. The van der Waals surface area contributed by atoms with Gasteiger partial charge in [-0.15, -0.1) is 10.2 Å². The van der Waals surface area contributed by atoms with E-state index in [1.54, 1.807) is 4.90 Å². The molecule has 0 fully saturated rings. The number of carbonyl (C=O) groups is 1. The fourth-order valence-corrected chi connectivity index (χ4v) is 3.32. The Morgan fingerprint density at radius 2 is 2.04 bits per heavy atom. The van der Waals surface area contributed by atoms with Gasteiger partial charge in [0, 0.05) is 13.1 Å². The molecular formula is C17H21N5O4S. The molecule has 0 spiro atoms. The van der Waals surface area contributed by atoms with Gasteiger partial charge in [0.05, 0.1) is 5.75 Å². The predicted molar refractivity (Wildman–Crippen MR) is 100 cm³/mol. The highest BCUT2D eigenvalue weighted by Crippen LogP contribution is 2.31. The number of hydrogen-bond donors (Lipinski definition) is 1. The molecule has 9 nitrogen and oxygen atoms in total. The molecule has 1 aliphatic rings. The highest BCUT2D eigenvalue weighted by atomic mass is 32.2. The van der Waals surface area contributed by atoms with Crippen LogP contribution in [0.3, 0.4) is 0 Å². The molecule has 1 amide bonds. The van der Waals surface area contributed by atoms with E-state index in [2.05, 4.69) is 10.2 Å². The number of nitrogen functional groups attached to an aromatic ring is 1. The molecule has 2 heterocycles. The smallest absolute Gasteiger partial charge is 0.294 e. The lowest BCUT2D eigenvalue weighted by Gasteiger charge is -2.23. The number of amides is 1. The Morgan fingerprint density at radius 3 is 2.78 bits per heavy atom. The first kappa shape index (κ1) is 19.0. The number of hydrogen-bond acceptors (Lipinski definition) is 8. The van der Waals surface area contributed by atoms with Crippen molar-refractivity contribution in [3.63, 3.8) is 0 Å². The first-order valence-corrected chi connectivity index (χ1v) is 9.48. The van der Waals surface area contributed by atoms with Crippen LogP contribution in [0.15, 0.2) is 28.2 Å². The largest absolute Gasteiger partial charge is 0.486 e.